The normalized spacial score (nSPS) is 16.7. The monoisotopic (exact) mass is 339 g/mol. The SMILES string of the molecule is Clc1cc(I)ccc1CNC1CSC1. The van der Waals surface area contributed by atoms with Crippen molar-refractivity contribution in [2.24, 2.45) is 0 Å². The second kappa shape index (κ2) is 5.05. The van der Waals surface area contributed by atoms with Gasteiger partial charge in [-0.3, -0.25) is 0 Å². The highest BCUT2D eigenvalue weighted by Gasteiger charge is 2.17. The number of hydrogen-bond donors (Lipinski definition) is 1. The van der Waals surface area contributed by atoms with Crippen molar-refractivity contribution in [2.75, 3.05) is 11.5 Å². The molecule has 1 aromatic carbocycles. The second-order valence-electron chi connectivity index (χ2n) is 3.35. The molecule has 1 aliphatic heterocycles. The summed E-state index contributed by atoms with van der Waals surface area (Å²) in [4.78, 5) is 0. The van der Waals surface area contributed by atoms with Crippen LogP contribution in [0, 0.1) is 3.57 Å². The average Bonchev–Trinajstić information content (AvgIpc) is 2.05. The van der Waals surface area contributed by atoms with Crippen molar-refractivity contribution in [3.8, 4) is 0 Å². The molecule has 1 aromatic rings. The van der Waals surface area contributed by atoms with Crippen molar-refractivity contribution in [1.29, 1.82) is 0 Å². The minimum atomic E-state index is 0.690. The molecule has 0 amide bonds. The van der Waals surface area contributed by atoms with E-state index in [4.69, 9.17) is 11.6 Å². The first kappa shape index (κ1) is 11.0. The number of rotatable bonds is 3. The second-order valence-corrected chi connectivity index (χ2v) is 6.08. The quantitative estimate of drug-likeness (QED) is 0.849. The minimum absolute atomic E-state index is 0.690. The van der Waals surface area contributed by atoms with Gasteiger partial charge in [0.2, 0.25) is 0 Å². The molecule has 0 aromatic heterocycles. The van der Waals surface area contributed by atoms with E-state index in [-0.39, 0.29) is 0 Å². The third-order valence-corrected chi connectivity index (χ3v) is 4.53. The van der Waals surface area contributed by atoms with E-state index in [1.54, 1.807) is 0 Å². The maximum Gasteiger partial charge on any atom is 0.0461 e. The Kier molecular flexibility index (Phi) is 3.99. The third-order valence-electron chi connectivity index (χ3n) is 2.23. The summed E-state index contributed by atoms with van der Waals surface area (Å²) in [5, 5.41) is 4.36. The van der Waals surface area contributed by atoms with Crippen LogP contribution >= 0.6 is 46.0 Å². The Morgan fingerprint density at radius 1 is 1.50 bits per heavy atom. The molecule has 76 valence electrons. The molecule has 1 fully saturated rings. The maximum atomic E-state index is 6.12. The van der Waals surface area contributed by atoms with Crippen LogP contribution in [0.2, 0.25) is 5.02 Å². The molecule has 1 saturated heterocycles. The molecule has 2 rings (SSSR count). The summed E-state index contributed by atoms with van der Waals surface area (Å²) in [6.07, 6.45) is 0. The Morgan fingerprint density at radius 2 is 2.29 bits per heavy atom. The number of thioether (sulfide) groups is 1. The smallest absolute Gasteiger partial charge is 0.0461 e. The number of halogens is 2. The fraction of sp³-hybridized carbons (Fsp3) is 0.400. The van der Waals surface area contributed by atoms with Gasteiger partial charge >= 0.3 is 0 Å². The maximum absolute atomic E-state index is 6.12. The molecule has 0 radical (unpaired) electrons. The lowest BCUT2D eigenvalue weighted by molar-refractivity contribution is 0.583. The highest BCUT2D eigenvalue weighted by molar-refractivity contribution is 14.1. The fourth-order valence-corrected chi connectivity index (χ4v) is 2.90. The third kappa shape index (κ3) is 2.78. The van der Waals surface area contributed by atoms with Gasteiger partial charge in [0.1, 0.15) is 0 Å². The van der Waals surface area contributed by atoms with Crippen molar-refractivity contribution in [3.63, 3.8) is 0 Å². The van der Waals surface area contributed by atoms with Gasteiger partial charge in [-0.25, -0.2) is 0 Å². The molecule has 0 aliphatic carbocycles. The van der Waals surface area contributed by atoms with Crippen LogP contribution in [-0.4, -0.2) is 17.5 Å². The van der Waals surface area contributed by atoms with Crippen molar-refractivity contribution < 1.29 is 0 Å². The van der Waals surface area contributed by atoms with Gasteiger partial charge in [0.25, 0.3) is 0 Å². The number of nitrogens with one attached hydrogen (secondary N) is 1. The Morgan fingerprint density at radius 3 is 2.86 bits per heavy atom. The molecule has 0 bridgehead atoms. The summed E-state index contributed by atoms with van der Waals surface area (Å²) in [5.41, 5.74) is 1.20. The molecule has 1 N–H and O–H groups in total. The topological polar surface area (TPSA) is 12.0 Å². The van der Waals surface area contributed by atoms with Crippen LogP contribution in [0.3, 0.4) is 0 Å². The van der Waals surface area contributed by atoms with E-state index in [1.807, 2.05) is 17.8 Å². The molecule has 0 saturated carbocycles. The van der Waals surface area contributed by atoms with Gasteiger partial charge in [0, 0.05) is 32.7 Å². The largest absolute Gasteiger partial charge is 0.308 e. The van der Waals surface area contributed by atoms with Crippen molar-refractivity contribution >= 4 is 46.0 Å². The van der Waals surface area contributed by atoms with Crippen LogP contribution in [0.25, 0.3) is 0 Å². The van der Waals surface area contributed by atoms with E-state index in [0.717, 1.165) is 11.6 Å². The first-order valence-corrected chi connectivity index (χ1v) is 7.12. The number of hydrogen-bond acceptors (Lipinski definition) is 2. The van der Waals surface area contributed by atoms with Gasteiger partial charge in [-0.2, -0.15) is 11.8 Å². The molecule has 1 aliphatic rings. The predicted octanol–water partition coefficient (Wildman–Crippen LogP) is 3.15. The Labute approximate surface area is 107 Å². The fourth-order valence-electron chi connectivity index (χ4n) is 1.27. The van der Waals surface area contributed by atoms with Crippen LogP contribution < -0.4 is 5.32 Å². The van der Waals surface area contributed by atoms with E-state index in [0.29, 0.717) is 6.04 Å². The molecule has 0 spiro atoms. The molecule has 1 nitrogen and oxygen atoms in total. The summed E-state index contributed by atoms with van der Waals surface area (Å²) in [6, 6.07) is 6.90. The average molecular weight is 340 g/mol. The van der Waals surface area contributed by atoms with Gasteiger partial charge in [-0.1, -0.05) is 17.7 Å². The van der Waals surface area contributed by atoms with Crippen LogP contribution in [0.4, 0.5) is 0 Å². The summed E-state index contributed by atoms with van der Waals surface area (Å²) in [5.74, 6) is 2.48. The zero-order valence-corrected chi connectivity index (χ0v) is 11.3. The van der Waals surface area contributed by atoms with Gasteiger partial charge in [-0.05, 0) is 40.3 Å². The summed E-state index contributed by atoms with van der Waals surface area (Å²) in [7, 11) is 0. The molecule has 4 heteroatoms. The standard InChI is InChI=1S/C10H11ClINS/c11-10-3-8(12)2-1-7(10)4-13-9-5-14-6-9/h1-3,9,13H,4-6H2. The molecule has 0 atom stereocenters. The Balaban J connectivity index is 1.94. The van der Waals surface area contributed by atoms with Gasteiger partial charge in [0.05, 0.1) is 0 Å². The number of benzene rings is 1. The van der Waals surface area contributed by atoms with E-state index >= 15 is 0 Å². The van der Waals surface area contributed by atoms with Crippen molar-refractivity contribution in [2.45, 2.75) is 12.6 Å². The first-order chi connectivity index (χ1) is 6.75. The molecule has 1 heterocycles. The Bertz CT molecular complexity index is 328. The van der Waals surface area contributed by atoms with Gasteiger partial charge < -0.3 is 5.32 Å². The molecular weight excluding hydrogens is 329 g/mol. The summed E-state index contributed by atoms with van der Waals surface area (Å²) < 4.78 is 1.19. The predicted molar refractivity (Wildman–Crippen MR) is 72.1 cm³/mol. The van der Waals surface area contributed by atoms with E-state index < -0.39 is 0 Å². The molecular formula is C10H11ClINS. The lowest BCUT2D eigenvalue weighted by atomic mass is 10.2. The lowest BCUT2D eigenvalue weighted by Gasteiger charge is -2.26. The van der Waals surface area contributed by atoms with Crippen LogP contribution in [0.5, 0.6) is 0 Å². The zero-order valence-electron chi connectivity index (χ0n) is 7.59. The van der Waals surface area contributed by atoms with Crippen molar-refractivity contribution in [1.82, 2.24) is 5.32 Å². The van der Waals surface area contributed by atoms with Gasteiger partial charge in [-0.15, -0.1) is 0 Å². The van der Waals surface area contributed by atoms with Gasteiger partial charge in [0.15, 0.2) is 0 Å². The summed E-state index contributed by atoms with van der Waals surface area (Å²) in [6.45, 7) is 0.890. The molecule has 0 unspecified atom stereocenters. The minimum Gasteiger partial charge on any atom is -0.308 e. The first-order valence-electron chi connectivity index (χ1n) is 4.51. The van der Waals surface area contributed by atoms with Crippen molar-refractivity contribution in [3.05, 3.63) is 32.4 Å². The summed E-state index contributed by atoms with van der Waals surface area (Å²) >= 11 is 10.4. The van der Waals surface area contributed by atoms with Crippen LogP contribution in [-0.2, 0) is 6.54 Å². The van der Waals surface area contributed by atoms with Crippen LogP contribution in [0.1, 0.15) is 5.56 Å². The van der Waals surface area contributed by atoms with E-state index in [1.165, 1.54) is 20.6 Å². The van der Waals surface area contributed by atoms with E-state index in [9.17, 15) is 0 Å². The highest BCUT2D eigenvalue weighted by Crippen LogP contribution is 2.21. The highest BCUT2D eigenvalue weighted by atomic mass is 127. The zero-order chi connectivity index (χ0) is 9.97. The molecule has 14 heavy (non-hydrogen) atoms. The Hall–Kier alpha value is 0.550. The van der Waals surface area contributed by atoms with E-state index in [2.05, 4.69) is 40.0 Å². The van der Waals surface area contributed by atoms with Crippen LogP contribution in [0.15, 0.2) is 18.2 Å². The lowest BCUT2D eigenvalue weighted by Crippen LogP contribution is -2.39.